The summed E-state index contributed by atoms with van der Waals surface area (Å²) in [7, 11) is 0. The second kappa shape index (κ2) is 5.29. The third-order valence-corrected chi connectivity index (χ3v) is 3.08. The number of hydrogen-bond acceptors (Lipinski definition) is 2. The van der Waals surface area contributed by atoms with Crippen LogP contribution in [0, 0.1) is 19.7 Å². The molecule has 2 aromatic carbocycles. The maximum atomic E-state index is 13.1. The highest BCUT2D eigenvalue weighted by molar-refractivity contribution is 5.68. The number of aryl methyl sites for hydroxylation is 2. The van der Waals surface area contributed by atoms with Gasteiger partial charge in [-0.1, -0.05) is 24.3 Å². The van der Waals surface area contributed by atoms with Crippen molar-refractivity contribution >= 4 is 0 Å². The van der Waals surface area contributed by atoms with Crippen LogP contribution in [0.4, 0.5) is 4.39 Å². The molecule has 0 aliphatic heterocycles. The summed E-state index contributed by atoms with van der Waals surface area (Å²) in [5.41, 5.74) is 5.21. The number of benzene rings is 2. The summed E-state index contributed by atoms with van der Waals surface area (Å²) in [6.45, 7) is 4.32. The molecule has 0 heterocycles. The van der Waals surface area contributed by atoms with Gasteiger partial charge in [0, 0.05) is 0 Å². The highest BCUT2D eigenvalue weighted by Crippen LogP contribution is 2.26. The Hall–Kier alpha value is -1.71. The van der Waals surface area contributed by atoms with Crippen LogP contribution in [-0.4, -0.2) is 0 Å². The molecule has 0 fully saturated rings. The molecule has 0 amide bonds. The quantitative estimate of drug-likeness (QED) is 0.840. The zero-order valence-corrected chi connectivity index (χ0v) is 10.5. The number of rotatable bonds is 3. The average molecular weight is 245 g/mol. The van der Waals surface area contributed by atoms with Crippen molar-refractivity contribution in [3.05, 3.63) is 58.9 Å². The Morgan fingerprint density at radius 2 is 1.83 bits per heavy atom. The molecule has 94 valence electrons. The molecule has 0 spiro atoms. The molecule has 0 saturated heterocycles. The molecule has 18 heavy (non-hydrogen) atoms. The molecule has 0 aromatic heterocycles. The van der Waals surface area contributed by atoms with E-state index in [1.54, 1.807) is 12.1 Å². The van der Waals surface area contributed by atoms with E-state index in [1.807, 2.05) is 26.0 Å². The van der Waals surface area contributed by atoms with Crippen LogP contribution < -0.4 is 5.90 Å². The molecule has 2 aromatic rings. The van der Waals surface area contributed by atoms with Crippen molar-refractivity contribution in [3.63, 3.8) is 0 Å². The van der Waals surface area contributed by atoms with E-state index < -0.39 is 0 Å². The summed E-state index contributed by atoms with van der Waals surface area (Å²) in [6, 6.07) is 10.9. The molecule has 2 nitrogen and oxygen atoms in total. The largest absolute Gasteiger partial charge is 0.300 e. The van der Waals surface area contributed by atoms with Gasteiger partial charge in [-0.05, 0) is 53.8 Å². The Balaban J connectivity index is 2.42. The van der Waals surface area contributed by atoms with E-state index in [-0.39, 0.29) is 5.82 Å². The van der Waals surface area contributed by atoms with E-state index >= 15 is 0 Å². The van der Waals surface area contributed by atoms with Gasteiger partial charge in [0.25, 0.3) is 0 Å². The van der Waals surface area contributed by atoms with E-state index in [0.29, 0.717) is 6.61 Å². The standard InChI is InChI=1S/C15H16FNO/c1-10-7-12(3-4-13(10)9-18-17)15-6-5-14(16)8-11(15)2/h3-8H,9,17H2,1-2H3. The van der Waals surface area contributed by atoms with Gasteiger partial charge in [-0.25, -0.2) is 10.3 Å². The molecule has 0 aliphatic rings. The van der Waals surface area contributed by atoms with Gasteiger partial charge in [-0.3, -0.25) is 4.84 Å². The SMILES string of the molecule is Cc1cc(-c2ccc(F)cc2C)ccc1CON. The minimum atomic E-state index is -0.207. The van der Waals surface area contributed by atoms with Crippen LogP contribution in [0.25, 0.3) is 11.1 Å². The van der Waals surface area contributed by atoms with Crippen molar-refractivity contribution in [3.8, 4) is 11.1 Å². The smallest absolute Gasteiger partial charge is 0.123 e. The van der Waals surface area contributed by atoms with Crippen LogP contribution in [0.1, 0.15) is 16.7 Å². The summed E-state index contributed by atoms with van der Waals surface area (Å²) in [6.07, 6.45) is 0. The van der Waals surface area contributed by atoms with Crippen LogP contribution in [-0.2, 0) is 11.4 Å². The van der Waals surface area contributed by atoms with Crippen molar-refractivity contribution in [2.75, 3.05) is 0 Å². The Morgan fingerprint density at radius 1 is 1.06 bits per heavy atom. The highest BCUT2D eigenvalue weighted by Gasteiger charge is 2.05. The Bertz CT molecular complexity index is 566. The summed E-state index contributed by atoms with van der Waals surface area (Å²) < 4.78 is 13.1. The molecule has 0 saturated carbocycles. The van der Waals surface area contributed by atoms with Crippen molar-refractivity contribution < 1.29 is 9.23 Å². The monoisotopic (exact) mass is 245 g/mol. The summed E-state index contributed by atoms with van der Waals surface area (Å²) in [5.74, 6) is 4.87. The lowest BCUT2D eigenvalue weighted by atomic mass is 9.97. The van der Waals surface area contributed by atoms with Gasteiger partial charge in [-0.15, -0.1) is 0 Å². The topological polar surface area (TPSA) is 35.2 Å². The first-order valence-electron chi connectivity index (χ1n) is 5.79. The zero-order valence-electron chi connectivity index (χ0n) is 10.5. The van der Waals surface area contributed by atoms with Crippen molar-refractivity contribution in [2.45, 2.75) is 20.5 Å². The maximum absolute atomic E-state index is 13.1. The van der Waals surface area contributed by atoms with Gasteiger partial charge >= 0.3 is 0 Å². The first kappa shape index (κ1) is 12.7. The van der Waals surface area contributed by atoms with Gasteiger partial charge < -0.3 is 0 Å². The molecule has 2 N–H and O–H groups in total. The third-order valence-electron chi connectivity index (χ3n) is 3.08. The second-order valence-electron chi connectivity index (χ2n) is 4.41. The van der Waals surface area contributed by atoms with Gasteiger partial charge in [0.15, 0.2) is 0 Å². The van der Waals surface area contributed by atoms with Gasteiger partial charge in [0.1, 0.15) is 5.82 Å². The molecule has 0 radical (unpaired) electrons. The van der Waals surface area contributed by atoms with E-state index in [2.05, 4.69) is 10.9 Å². The number of halogens is 1. The normalized spacial score (nSPS) is 10.7. The van der Waals surface area contributed by atoms with E-state index in [9.17, 15) is 4.39 Å². The highest BCUT2D eigenvalue weighted by atomic mass is 19.1. The molecule has 0 aliphatic carbocycles. The lowest BCUT2D eigenvalue weighted by Crippen LogP contribution is -2.00. The second-order valence-corrected chi connectivity index (χ2v) is 4.41. The minimum absolute atomic E-state index is 0.207. The summed E-state index contributed by atoms with van der Waals surface area (Å²) in [5, 5.41) is 0. The van der Waals surface area contributed by atoms with Crippen LogP contribution in [0.3, 0.4) is 0 Å². The molecule has 0 unspecified atom stereocenters. The van der Waals surface area contributed by atoms with Gasteiger partial charge in [0.2, 0.25) is 0 Å². The summed E-state index contributed by atoms with van der Waals surface area (Å²) >= 11 is 0. The maximum Gasteiger partial charge on any atom is 0.123 e. The van der Waals surface area contributed by atoms with Crippen LogP contribution in [0.15, 0.2) is 36.4 Å². The Labute approximate surface area is 106 Å². The zero-order chi connectivity index (χ0) is 13.1. The fourth-order valence-corrected chi connectivity index (χ4v) is 2.07. The first-order chi connectivity index (χ1) is 8.61. The number of hydrogen-bond donors (Lipinski definition) is 1. The van der Waals surface area contributed by atoms with Crippen LogP contribution in [0.5, 0.6) is 0 Å². The van der Waals surface area contributed by atoms with E-state index in [1.165, 1.54) is 6.07 Å². The Morgan fingerprint density at radius 3 is 2.44 bits per heavy atom. The third kappa shape index (κ3) is 2.58. The Kier molecular flexibility index (Phi) is 3.75. The summed E-state index contributed by atoms with van der Waals surface area (Å²) in [4.78, 5) is 4.64. The van der Waals surface area contributed by atoms with E-state index in [4.69, 9.17) is 5.90 Å². The van der Waals surface area contributed by atoms with Crippen molar-refractivity contribution in [1.29, 1.82) is 0 Å². The van der Waals surface area contributed by atoms with Crippen LogP contribution in [0.2, 0.25) is 0 Å². The molecular formula is C15H16FNO. The minimum Gasteiger partial charge on any atom is -0.300 e. The molecule has 0 bridgehead atoms. The number of nitrogens with two attached hydrogens (primary N) is 1. The molecule has 2 rings (SSSR count). The lowest BCUT2D eigenvalue weighted by molar-refractivity contribution is 0.123. The van der Waals surface area contributed by atoms with Gasteiger partial charge in [0.05, 0.1) is 6.61 Å². The van der Waals surface area contributed by atoms with Crippen molar-refractivity contribution in [1.82, 2.24) is 0 Å². The van der Waals surface area contributed by atoms with Gasteiger partial charge in [-0.2, -0.15) is 0 Å². The van der Waals surface area contributed by atoms with Crippen LogP contribution >= 0.6 is 0 Å². The fourth-order valence-electron chi connectivity index (χ4n) is 2.07. The predicted octanol–water partition coefficient (Wildman–Crippen LogP) is 3.50. The molecular weight excluding hydrogens is 229 g/mol. The fraction of sp³-hybridized carbons (Fsp3) is 0.200. The average Bonchev–Trinajstić information content (AvgIpc) is 2.32. The molecule has 3 heteroatoms. The first-order valence-corrected chi connectivity index (χ1v) is 5.79. The lowest BCUT2D eigenvalue weighted by Gasteiger charge is -2.10. The predicted molar refractivity (Wildman–Crippen MR) is 70.3 cm³/mol. The van der Waals surface area contributed by atoms with Crippen molar-refractivity contribution in [2.24, 2.45) is 5.90 Å². The molecule has 0 atom stereocenters. The van der Waals surface area contributed by atoms with E-state index in [0.717, 1.165) is 27.8 Å².